The number of carbonyl (C=O) groups is 1. The average molecular weight is 335 g/mol. The number of anilines is 1. The molecule has 0 aliphatic rings. The maximum atomic E-state index is 12.3. The molecule has 3 rings (SSSR count). The minimum atomic E-state index is -3.91. The molecule has 0 unspecified atom stereocenters. The number of aromatic carboxylic acids is 1. The lowest BCUT2D eigenvalue weighted by atomic mass is 10.2. The zero-order chi connectivity index (χ0) is 16.6. The summed E-state index contributed by atoms with van der Waals surface area (Å²) in [4.78, 5) is 22.2. The van der Waals surface area contributed by atoms with Crippen LogP contribution in [0.1, 0.15) is 10.4 Å². The fraction of sp³-hybridized carbons (Fsp3) is 0. The quantitative estimate of drug-likeness (QED) is 0.525. The van der Waals surface area contributed by atoms with E-state index in [9.17, 15) is 18.1 Å². The molecule has 1 heterocycles. The normalized spacial score (nSPS) is 11.5. The second-order valence-corrected chi connectivity index (χ2v) is 6.38. The molecule has 0 atom stereocenters. The molecule has 0 saturated carbocycles. The number of H-pyrrole nitrogens is 2. The number of hydrogen-bond donors (Lipinski definition) is 4. The Morgan fingerprint density at radius 3 is 2.48 bits per heavy atom. The molecule has 1 aromatic heterocycles. The highest BCUT2D eigenvalue weighted by atomic mass is 32.2. The van der Waals surface area contributed by atoms with Crippen molar-refractivity contribution in [3.63, 3.8) is 0 Å². The first-order valence-electron chi connectivity index (χ1n) is 6.36. The Balaban J connectivity index is 1.94. The number of aromatic amines is 2. The van der Waals surface area contributed by atoms with Gasteiger partial charge < -0.3 is 5.11 Å². The van der Waals surface area contributed by atoms with Gasteiger partial charge in [0, 0.05) is 11.8 Å². The molecular weight excluding hydrogens is 324 g/mol. The van der Waals surface area contributed by atoms with E-state index in [0.717, 1.165) is 0 Å². The molecular formula is C13H11N4O5S+. The van der Waals surface area contributed by atoms with Gasteiger partial charge in [0.25, 0.3) is 15.5 Å². The van der Waals surface area contributed by atoms with Crippen molar-refractivity contribution >= 4 is 32.7 Å². The van der Waals surface area contributed by atoms with Crippen molar-refractivity contribution in [3.05, 3.63) is 52.9 Å². The highest BCUT2D eigenvalue weighted by molar-refractivity contribution is 7.92. The number of hydrogen-bond acceptors (Lipinski definition) is 4. The van der Waals surface area contributed by atoms with Gasteiger partial charge in [-0.15, -0.1) is 0 Å². The topological polar surface area (TPSA) is 138 Å². The van der Waals surface area contributed by atoms with E-state index in [0.29, 0.717) is 10.1 Å². The van der Waals surface area contributed by atoms with Gasteiger partial charge in [0.05, 0.1) is 15.0 Å². The number of sulfonamides is 1. The van der Waals surface area contributed by atoms with E-state index < -0.39 is 16.0 Å². The Labute approximate surface area is 129 Å². The molecule has 0 amide bonds. The largest absolute Gasteiger partial charge is 0.478 e. The zero-order valence-corrected chi connectivity index (χ0v) is 12.3. The first-order valence-corrected chi connectivity index (χ1v) is 7.84. The molecule has 9 nitrogen and oxygen atoms in total. The second kappa shape index (κ2) is 5.25. The van der Waals surface area contributed by atoms with Crippen LogP contribution in [0.5, 0.6) is 0 Å². The SMILES string of the molecule is O=C(O)c1ccc(NS(=O)(=O)c2ccc3[nH][nH][n+](=O)c3c2)cc1. The summed E-state index contributed by atoms with van der Waals surface area (Å²) in [7, 11) is -3.91. The minimum Gasteiger partial charge on any atom is -0.478 e. The lowest BCUT2D eigenvalue weighted by Gasteiger charge is -2.07. The van der Waals surface area contributed by atoms with Gasteiger partial charge in [0.2, 0.25) is 0 Å². The third-order valence-electron chi connectivity index (χ3n) is 3.17. The van der Waals surface area contributed by atoms with Crippen molar-refractivity contribution < 1.29 is 22.9 Å². The van der Waals surface area contributed by atoms with Crippen molar-refractivity contribution in [3.8, 4) is 0 Å². The summed E-state index contributed by atoms with van der Waals surface area (Å²) < 4.78 is 27.4. The Kier molecular flexibility index (Phi) is 3.37. The highest BCUT2D eigenvalue weighted by Crippen LogP contribution is 2.19. The van der Waals surface area contributed by atoms with Crippen molar-refractivity contribution in [1.29, 1.82) is 0 Å². The predicted molar refractivity (Wildman–Crippen MR) is 80.2 cm³/mol. The number of fused-ring (bicyclic) bond motifs is 1. The number of carboxylic acid groups (broad SMARTS) is 1. The Morgan fingerprint density at radius 2 is 1.83 bits per heavy atom. The number of benzene rings is 2. The van der Waals surface area contributed by atoms with Crippen LogP contribution in [0.3, 0.4) is 0 Å². The van der Waals surface area contributed by atoms with Gasteiger partial charge in [-0.2, -0.15) is 5.10 Å². The Bertz CT molecular complexity index is 1050. The van der Waals surface area contributed by atoms with Crippen molar-refractivity contribution in [2.24, 2.45) is 0 Å². The smallest absolute Gasteiger partial charge is 0.335 e. The second-order valence-electron chi connectivity index (χ2n) is 4.70. The number of rotatable bonds is 4. The molecule has 0 aliphatic heterocycles. The fourth-order valence-corrected chi connectivity index (χ4v) is 3.10. The number of nitrogens with zero attached hydrogens (tertiary/aromatic N) is 1. The van der Waals surface area contributed by atoms with Gasteiger partial charge in [-0.1, -0.05) is 5.21 Å². The third-order valence-corrected chi connectivity index (χ3v) is 4.55. The molecule has 0 saturated heterocycles. The molecule has 118 valence electrons. The van der Waals surface area contributed by atoms with Gasteiger partial charge in [-0.25, -0.2) is 13.2 Å². The summed E-state index contributed by atoms with van der Waals surface area (Å²) in [5, 5.41) is 13.7. The van der Waals surface area contributed by atoms with Crippen LogP contribution in [0, 0.1) is 4.91 Å². The van der Waals surface area contributed by atoms with Crippen LogP contribution < -0.4 is 9.26 Å². The molecule has 2 aromatic carbocycles. The van der Waals surface area contributed by atoms with Crippen LogP contribution in [-0.2, 0) is 10.0 Å². The van der Waals surface area contributed by atoms with Gasteiger partial charge in [-0.3, -0.25) is 4.72 Å². The van der Waals surface area contributed by atoms with E-state index in [2.05, 4.69) is 15.0 Å². The first kappa shape index (κ1) is 14.8. The average Bonchev–Trinajstić information content (AvgIpc) is 2.88. The summed E-state index contributed by atoms with van der Waals surface area (Å²) in [6.07, 6.45) is 0. The maximum absolute atomic E-state index is 12.3. The molecule has 0 aliphatic carbocycles. The van der Waals surface area contributed by atoms with E-state index >= 15 is 0 Å². The van der Waals surface area contributed by atoms with E-state index in [1.807, 2.05) is 0 Å². The highest BCUT2D eigenvalue weighted by Gasteiger charge is 2.18. The third kappa shape index (κ3) is 2.79. The van der Waals surface area contributed by atoms with Gasteiger partial charge in [0.1, 0.15) is 0 Å². The van der Waals surface area contributed by atoms with Crippen molar-refractivity contribution in [1.82, 2.24) is 10.3 Å². The fourth-order valence-electron chi connectivity index (χ4n) is 2.02. The summed E-state index contributed by atoms with van der Waals surface area (Å²) in [6, 6.07) is 9.30. The van der Waals surface area contributed by atoms with E-state index in [1.54, 1.807) is 0 Å². The molecule has 0 bridgehead atoms. The molecule has 0 radical (unpaired) electrons. The molecule has 23 heavy (non-hydrogen) atoms. The summed E-state index contributed by atoms with van der Waals surface area (Å²) in [5.41, 5.74) is 0.870. The lowest BCUT2D eigenvalue weighted by molar-refractivity contribution is -0.537. The van der Waals surface area contributed by atoms with Crippen LogP contribution >= 0.6 is 0 Å². The van der Waals surface area contributed by atoms with E-state index in [-0.39, 0.29) is 21.7 Å². The van der Waals surface area contributed by atoms with Crippen molar-refractivity contribution in [2.45, 2.75) is 4.90 Å². The number of carboxylic acids is 1. The number of nitrogens with one attached hydrogen (secondary N) is 3. The van der Waals surface area contributed by atoms with Crippen molar-refractivity contribution in [2.75, 3.05) is 4.72 Å². The predicted octanol–water partition coefficient (Wildman–Crippen LogP) is 0.909. The molecule has 10 heteroatoms. The van der Waals surface area contributed by atoms with E-state index in [4.69, 9.17) is 5.11 Å². The van der Waals surface area contributed by atoms with Gasteiger partial charge in [0.15, 0.2) is 5.52 Å². The lowest BCUT2D eigenvalue weighted by Crippen LogP contribution is -2.16. The van der Waals surface area contributed by atoms with Crippen LogP contribution in [0.2, 0.25) is 0 Å². The van der Waals surface area contributed by atoms with Crippen LogP contribution in [0.4, 0.5) is 5.69 Å². The summed E-state index contributed by atoms with van der Waals surface area (Å²) >= 11 is 0. The van der Waals surface area contributed by atoms with Crippen LogP contribution in [-0.4, -0.2) is 29.8 Å². The van der Waals surface area contributed by atoms with Crippen LogP contribution in [0.25, 0.3) is 11.0 Å². The molecule has 3 aromatic rings. The van der Waals surface area contributed by atoms with E-state index in [1.165, 1.54) is 42.5 Å². The summed E-state index contributed by atoms with van der Waals surface area (Å²) in [5.74, 6) is -1.10. The maximum Gasteiger partial charge on any atom is 0.335 e. The standard InChI is InChI=1S/C13H10N4O5S/c18-13(19)8-1-3-9(4-2-8)15-23(21,22)10-5-6-11-12(7-10)17(20)16-14-11/h1-7,15H,(H2-,14,16,18,19,20)/p+1. The molecule has 0 fully saturated rings. The van der Waals surface area contributed by atoms with Crippen LogP contribution in [0.15, 0.2) is 47.4 Å². The monoisotopic (exact) mass is 335 g/mol. The van der Waals surface area contributed by atoms with Gasteiger partial charge >= 0.3 is 5.97 Å². The zero-order valence-electron chi connectivity index (χ0n) is 11.5. The van der Waals surface area contributed by atoms with Gasteiger partial charge in [-0.05, 0) is 41.3 Å². The first-order chi connectivity index (χ1) is 10.9. The summed E-state index contributed by atoms with van der Waals surface area (Å²) in [6.45, 7) is 0. The Hall–Kier alpha value is -3.14. The molecule has 4 N–H and O–H groups in total. The molecule has 0 spiro atoms. The Morgan fingerprint density at radius 1 is 1.13 bits per heavy atom. The number of aromatic nitrogens is 3. The minimum absolute atomic E-state index is 0.0459.